The van der Waals surface area contributed by atoms with Crippen molar-refractivity contribution in [2.24, 2.45) is 0 Å². The molecule has 2 aromatic heterocycles. The number of para-hydroxylation sites is 2. The summed E-state index contributed by atoms with van der Waals surface area (Å²) < 4.78 is 5.91. The lowest BCUT2D eigenvalue weighted by molar-refractivity contribution is -0.132. The third kappa shape index (κ3) is 4.22. The molecule has 0 radical (unpaired) electrons. The number of benzene rings is 1. The number of aromatic nitrogens is 3. The molecule has 1 N–H and O–H groups in total. The smallest absolute Gasteiger partial charge is 0.254 e. The van der Waals surface area contributed by atoms with Gasteiger partial charge >= 0.3 is 0 Å². The molecule has 0 spiro atoms. The number of nitrogens with one attached hydrogen (secondary N) is 1. The van der Waals surface area contributed by atoms with Crippen molar-refractivity contribution in [2.45, 2.75) is 43.7 Å². The summed E-state index contributed by atoms with van der Waals surface area (Å²) in [5.74, 6) is 0.860. The first-order valence-corrected chi connectivity index (χ1v) is 11.0. The summed E-state index contributed by atoms with van der Waals surface area (Å²) in [7, 11) is 0. The SMILES string of the molecule is CSc1nc(C)c(CCC(=O)N2CCC[C@H](c3nc4ccccc4o3)C2)c(=O)[nH]1. The molecule has 1 aliphatic rings. The Labute approximate surface area is 172 Å². The summed E-state index contributed by atoms with van der Waals surface area (Å²) in [6.45, 7) is 3.15. The Balaban J connectivity index is 1.42. The number of carbonyl (C=O) groups excluding carboxylic acids is 1. The van der Waals surface area contributed by atoms with Gasteiger partial charge in [0.25, 0.3) is 5.56 Å². The average Bonchev–Trinajstić information content (AvgIpc) is 3.17. The van der Waals surface area contributed by atoms with E-state index < -0.39 is 0 Å². The molecule has 1 saturated heterocycles. The Kier molecular flexibility index (Phi) is 5.71. The second-order valence-corrected chi connectivity index (χ2v) is 8.13. The van der Waals surface area contributed by atoms with Crippen molar-refractivity contribution in [1.82, 2.24) is 19.9 Å². The van der Waals surface area contributed by atoms with E-state index in [1.165, 1.54) is 11.8 Å². The number of oxazole rings is 1. The van der Waals surface area contributed by atoms with Crippen LogP contribution in [0.4, 0.5) is 0 Å². The molecule has 1 aliphatic heterocycles. The minimum Gasteiger partial charge on any atom is -0.440 e. The minimum atomic E-state index is -0.155. The Bertz CT molecular complexity index is 1060. The Morgan fingerprint density at radius 2 is 2.17 bits per heavy atom. The first kappa shape index (κ1) is 19.7. The second kappa shape index (κ2) is 8.41. The number of rotatable bonds is 5. The zero-order valence-corrected chi connectivity index (χ0v) is 17.4. The summed E-state index contributed by atoms with van der Waals surface area (Å²) in [6.07, 6.45) is 4.43. The summed E-state index contributed by atoms with van der Waals surface area (Å²) >= 11 is 1.40. The number of nitrogens with zero attached hydrogens (tertiary/aromatic N) is 3. The molecule has 0 saturated carbocycles. The van der Waals surface area contributed by atoms with Gasteiger partial charge in [-0.1, -0.05) is 23.9 Å². The highest BCUT2D eigenvalue weighted by Gasteiger charge is 2.28. The fraction of sp³-hybridized carbons (Fsp3) is 0.429. The van der Waals surface area contributed by atoms with Gasteiger partial charge in [0.05, 0.1) is 5.92 Å². The van der Waals surface area contributed by atoms with Crippen LogP contribution in [-0.2, 0) is 11.2 Å². The Hall–Kier alpha value is -2.61. The minimum absolute atomic E-state index is 0.0542. The summed E-state index contributed by atoms with van der Waals surface area (Å²) in [5, 5.41) is 0.597. The van der Waals surface area contributed by atoms with Crippen molar-refractivity contribution in [1.29, 1.82) is 0 Å². The molecule has 1 aromatic carbocycles. The molecular weight excluding hydrogens is 388 g/mol. The molecular formula is C21H24N4O3S. The van der Waals surface area contributed by atoms with E-state index in [2.05, 4.69) is 15.0 Å². The lowest BCUT2D eigenvalue weighted by Crippen LogP contribution is -2.39. The molecule has 3 aromatic rings. The molecule has 0 unspecified atom stereocenters. The second-order valence-electron chi connectivity index (χ2n) is 7.34. The van der Waals surface area contributed by atoms with E-state index >= 15 is 0 Å². The number of thioether (sulfide) groups is 1. The lowest BCUT2D eigenvalue weighted by atomic mass is 9.97. The van der Waals surface area contributed by atoms with E-state index in [0.717, 1.165) is 30.5 Å². The van der Waals surface area contributed by atoms with Crippen LogP contribution >= 0.6 is 11.8 Å². The maximum atomic E-state index is 12.8. The van der Waals surface area contributed by atoms with Gasteiger partial charge in [-0.3, -0.25) is 9.59 Å². The van der Waals surface area contributed by atoms with E-state index in [0.29, 0.717) is 41.7 Å². The number of aromatic amines is 1. The van der Waals surface area contributed by atoms with Gasteiger partial charge in [0, 0.05) is 30.8 Å². The Morgan fingerprint density at radius 3 is 2.93 bits per heavy atom. The van der Waals surface area contributed by atoms with Gasteiger partial charge in [-0.15, -0.1) is 0 Å². The van der Waals surface area contributed by atoms with Crippen molar-refractivity contribution in [3.8, 4) is 0 Å². The summed E-state index contributed by atoms with van der Waals surface area (Å²) in [5.41, 5.74) is 2.75. The number of hydrogen-bond acceptors (Lipinski definition) is 6. The van der Waals surface area contributed by atoms with E-state index in [4.69, 9.17) is 4.42 Å². The first-order valence-electron chi connectivity index (χ1n) is 9.82. The number of fused-ring (bicyclic) bond motifs is 1. The van der Waals surface area contributed by atoms with Crippen LogP contribution in [0.25, 0.3) is 11.1 Å². The maximum absolute atomic E-state index is 12.8. The predicted molar refractivity (Wildman–Crippen MR) is 112 cm³/mol. The topological polar surface area (TPSA) is 92.1 Å². The highest BCUT2D eigenvalue weighted by atomic mass is 32.2. The third-order valence-electron chi connectivity index (χ3n) is 5.42. The quantitative estimate of drug-likeness (QED) is 0.511. The molecule has 0 aliphatic carbocycles. The van der Waals surface area contributed by atoms with Crippen LogP contribution in [0.15, 0.2) is 38.6 Å². The van der Waals surface area contributed by atoms with E-state index in [1.807, 2.05) is 42.3 Å². The van der Waals surface area contributed by atoms with Crippen molar-refractivity contribution in [3.05, 3.63) is 51.8 Å². The zero-order valence-electron chi connectivity index (χ0n) is 16.6. The van der Waals surface area contributed by atoms with Gasteiger partial charge in [-0.2, -0.15) is 0 Å². The van der Waals surface area contributed by atoms with Gasteiger partial charge in [0.1, 0.15) is 5.52 Å². The fourth-order valence-corrected chi connectivity index (χ4v) is 4.26. The van der Waals surface area contributed by atoms with Gasteiger partial charge in [0.2, 0.25) is 5.91 Å². The van der Waals surface area contributed by atoms with Crippen molar-refractivity contribution in [2.75, 3.05) is 19.3 Å². The molecule has 29 heavy (non-hydrogen) atoms. The number of H-pyrrole nitrogens is 1. The number of amides is 1. The number of aryl methyl sites for hydroxylation is 1. The van der Waals surface area contributed by atoms with Gasteiger partial charge in [-0.25, -0.2) is 9.97 Å². The van der Waals surface area contributed by atoms with Crippen LogP contribution in [0.5, 0.6) is 0 Å². The zero-order chi connectivity index (χ0) is 20.4. The van der Waals surface area contributed by atoms with Crippen LogP contribution in [-0.4, -0.2) is 45.1 Å². The molecule has 8 heteroatoms. The highest BCUT2D eigenvalue weighted by molar-refractivity contribution is 7.98. The van der Waals surface area contributed by atoms with E-state index in [9.17, 15) is 9.59 Å². The molecule has 1 fully saturated rings. The van der Waals surface area contributed by atoms with Gasteiger partial charge in [0.15, 0.2) is 16.6 Å². The molecule has 1 atom stereocenters. The van der Waals surface area contributed by atoms with Crippen molar-refractivity contribution >= 4 is 28.8 Å². The molecule has 1 amide bonds. The van der Waals surface area contributed by atoms with Crippen LogP contribution in [0.1, 0.15) is 42.3 Å². The van der Waals surface area contributed by atoms with Crippen LogP contribution in [0, 0.1) is 6.92 Å². The van der Waals surface area contributed by atoms with E-state index in [1.54, 1.807) is 0 Å². The standard InChI is InChI=1S/C21H24N4O3S/c1-13-15(19(27)24-21(22-13)29-2)9-10-18(26)25-11-5-6-14(12-25)20-23-16-7-3-4-8-17(16)28-20/h3-4,7-8,14H,5-6,9-12H2,1-2H3,(H,22,24,27)/t14-/m0/s1. The Morgan fingerprint density at radius 1 is 1.34 bits per heavy atom. The number of carbonyl (C=O) groups is 1. The lowest BCUT2D eigenvalue weighted by Gasteiger charge is -2.31. The summed E-state index contributed by atoms with van der Waals surface area (Å²) in [4.78, 5) is 38.7. The largest absolute Gasteiger partial charge is 0.440 e. The average molecular weight is 413 g/mol. The molecule has 152 valence electrons. The normalized spacial score (nSPS) is 17.0. The number of likely N-dealkylation sites (tertiary alicyclic amines) is 1. The maximum Gasteiger partial charge on any atom is 0.254 e. The van der Waals surface area contributed by atoms with Gasteiger partial charge < -0.3 is 14.3 Å². The van der Waals surface area contributed by atoms with Crippen LogP contribution < -0.4 is 5.56 Å². The van der Waals surface area contributed by atoms with Crippen LogP contribution in [0.3, 0.4) is 0 Å². The van der Waals surface area contributed by atoms with Crippen molar-refractivity contribution < 1.29 is 9.21 Å². The van der Waals surface area contributed by atoms with Gasteiger partial charge in [-0.05, 0) is 44.6 Å². The molecule has 4 rings (SSSR count). The monoisotopic (exact) mass is 412 g/mol. The highest BCUT2D eigenvalue weighted by Crippen LogP contribution is 2.29. The predicted octanol–water partition coefficient (Wildman–Crippen LogP) is 3.28. The number of piperidine rings is 1. The third-order valence-corrected chi connectivity index (χ3v) is 6.00. The number of hydrogen-bond donors (Lipinski definition) is 1. The molecule has 0 bridgehead atoms. The molecule has 3 heterocycles. The fourth-order valence-electron chi connectivity index (χ4n) is 3.84. The first-order chi connectivity index (χ1) is 14.0. The van der Waals surface area contributed by atoms with Crippen LogP contribution in [0.2, 0.25) is 0 Å². The van der Waals surface area contributed by atoms with E-state index in [-0.39, 0.29) is 17.4 Å². The molecule has 7 nitrogen and oxygen atoms in total. The summed E-state index contributed by atoms with van der Waals surface area (Å²) in [6, 6.07) is 7.71. The van der Waals surface area contributed by atoms with Crippen molar-refractivity contribution in [3.63, 3.8) is 0 Å².